The molecule has 2 rings (SSSR count). The Morgan fingerprint density at radius 1 is 1.08 bits per heavy atom. The molecule has 7 heteroatoms. The Kier molecular flexibility index (Phi) is 6.85. The van der Waals surface area contributed by atoms with E-state index in [1.807, 2.05) is 30.3 Å². The molecule has 0 heterocycles. The topological polar surface area (TPSA) is 63.2 Å². The molecule has 140 valence electrons. The number of benzene rings is 2. The minimum absolute atomic E-state index is 0.0884. The maximum Gasteiger partial charge on any atom is 0.235 e. The summed E-state index contributed by atoms with van der Waals surface area (Å²) in [4.78, 5) is 12.0. The highest BCUT2D eigenvalue weighted by atomic mass is 32.2. The van der Waals surface area contributed by atoms with Crippen LogP contribution in [0.5, 0.6) is 0 Å². The molecule has 2 aromatic carbocycles. The zero-order valence-corrected chi connectivity index (χ0v) is 15.2. The molecule has 1 amide bonds. The van der Waals surface area contributed by atoms with Crippen molar-refractivity contribution in [2.75, 3.05) is 11.5 Å². The molecule has 2 aromatic rings. The van der Waals surface area contributed by atoms with Gasteiger partial charge >= 0.3 is 0 Å². The molecule has 1 atom stereocenters. The molecule has 0 saturated heterocycles. The first-order chi connectivity index (χ1) is 12.3. The van der Waals surface area contributed by atoms with Crippen LogP contribution < -0.4 is 5.32 Å². The van der Waals surface area contributed by atoms with Crippen molar-refractivity contribution in [3.8, 4) is 0 Å². The number of sulfone groups is 1. The van der Waals surface area contributed by atoms with Crippen molar-refractivity contribution in [2.45, 2.75) is 25.8 Å². The van der Waals surface area contributed by atoms with Gasteiger partial charge in [-0.2, -0.15) is 0 Å². The van der Waals surface area contributed by atoms with E-state index in [2.05, 4.69) is 5.32 Å². The smallest absolute Gasteiger partial charge is 0.235 e. The lowest BCUT2D eigenvalue weighted by atomic mass is 10.1. The second-order valence-corrected chi connectivity index (χ2v) is 8.33. The van der Waals surface area contributed by atoms with Crippen LogP contribution in [0.2, 0.25) is 0 Å². The third-order valence-corrected chi connectivity index (χ3v) is 5.55. The van der Waals surface area contributed by atoms with Crippen LogP contribution in [-0.2, 0) is 21.1 Å². The van der Waals surface area contributed by atoms with Crippen LogP contribution in [-0.4, -0.2) is 25.8 Å². The zero-order valence-electron chi connectivity index (χ0n) is 14.4. The maximum atomic E-state index is 13.2. The largest absolute Gasteiger partial charge is 0.349 e. The number of rotatable bonds is 8. The molecule has 0 aliphatic rings. The Balaban J connectivity index is 1.84. The van der Waals surface area contributed by atoms with Gasteiger partial charge in [0, 0.05) is 0 Å². The van der Waals surface area contributed by atoms with Gasteiger partial charge in [0.15, 0.2) is 21.5 Å². The van der Waals surface area contributed by atoms with Crippen molar-refractivity contribution < 1.29 is 22.0 Å². The predicted octanol–water partition coefficient (Wildman–Crippen LogP) is 3.19. The fourth-order valence-electron chi connectivity index (χ4n) is 2.56. The number of nitrogens with one attached hydrogen (secondary N) is 1. The van der Waals surface area contributed by atoms with Crippen LogP contribution in [0.3, 0.4) is 0 Å². The Hall–Kier alpha value is -2.28. The Bertz CT molecular complexity index is 854. The van der Waals surface area contributed by atoms with Gasteiger partial charge in [-0.25, -0.2) is 17.2 Å². The van der Waals surface area contributed by atoms with Gasteiger partial charge in [0.05, 0.1) is 11.8 Å². The lowest BCUT2D eigenvalue weighted by Crippen LogP contribution is -2.33. The molecule has 0 fully saturated rings. The van der Waals surface area contributed by atoms with Crippen LogP contribution in [0.15, 0.2) is 48.5 Å². The standard InChI is InChI=1S/C19H21F2NO3S/c1-14(16-9-10-17(20)18(21)12-16)22-19(23)13-26(24,25)11-5-8-15-6-3-2-4-7-15/h2-4,6-7,9-10,12,14H,5,8,11,13H2,1H3,(H,22,23)/t14-/m0/s1. The molecule has 0 aliphatic carbocycles. The third-order valence-electron chi connectivity index (χ3n) is 3.94. The highest BCUT2D eigenvalue weighted by Crippen LogP contribution is 2.16. The van der Waals surface area contributed by atoms with E-state index < -0.39 is 39.2 Å². The Morgan fingerprint density at radius 3 is 2.42 bits per heavy atom. The molecule has 26 heavy (non-hydrogen) atoms. The molecule has 0 saturated carbocycles. The number of halogens is 2. The van der Waals surface area contributed by atoms with E-state index in [-0.39, 0.29) is 5.75 Å². The van der Waals surface area contributed by atoms with E-state index in [0.717, 1.165) is 17.7 Å². The summed E-state index contributed by atoms with van der Waals surface area (Å²) >= 11 is 0. The van der Waals surface area contributed by atoms with Crippen molar-refractivity contribution in [1.82, 2.24) is 5.32 Å². The Labute approximate surface area is 152 Å². The molecule has 0 spiro atoms. The fourth-order valence-corrected chi connectivity index (χ4v) is 3.77. The number of carbonyl (C=O) groups is 1. The van der Waals surface area contributed by atoms with Crippen LogP contribution in [0.25, 0.3) is 0 Å². The average molecular weight is 381 g/mol. The fraction of sp³-hybridized carbons (Fsp3) is 0.316. The summed E-state index contributed by atoms with van der Waals surface area (Å²) in [7, 11) is -3.54. The van der Waals surface area contributed by atoms with Crippen molar-refractivity contribution in [2.24, 2.45) is 0 Å². The van der Waals surface area contributed by atoms with Crippen molar-refractivity contribution in [3.05, 3.63) is 71.3 Å². The molecule has 0 bridgehead atoms. The average Bonchev–Trinajstić information content (AvgIpc) is 2.57. The third kappa shape index (κ3) is 6.22. The minimum atomic E-state index is -3.54. The van der Waals surface area contributed by atoms with E-state index in [0.29, 0.717) is 18.4 Å². The Morgan fingerprint density at radius 2 is 1.77 bits per heavy atom. The van der Waals surface area contributed by atoms with Crippen LogP contribution >= 0.6 is 0 Å². The quantitative estimate of drug-likeness (QED) is 0.764. The van der Waals surface area contributed by atoms with Gasteiger partial charge < -0.3 is 5.32 Å². The first-order valence-electron chi connectivity index (χ1n) is 8.25. The predicted molar refractivity (Wildman–Crippen MR) is 96.3 cm³/mol. The zero-order chi connectivity index (χ0) is 19.2. The van der Waals surface area contributed by atoms with Gasteiger partial charge in [-0.3, -0.25) is 4.79 Å². The summed E-state index contributed by atoms with van der Waals surface area (Å²) in [5.41, 5.74) is 1.40. The highest BCUT2D eigenvalue weighted by Gasteiger charge is 2.19. The first-order valence-corrected chi connectivity index (χ1v) is 10.1. The van der Waals surface area contributed by atoms with Gasteiger partial charge in [-0.05, 0) is 43.0 Å². The maximum absolute atomic E-state index is 13.2. The summed E-state index contributed by atoms with van der Waals surface area (Å²) in [5.74, 6) is -3.38. The lowest BCUT2D eigenvalue weighted by Gasteiger charge is -2.14. The van der Waals surface area contributed by atoms with Crippen LogP contribution in [0, 0.1) is 11.6 Å². The normalized spacial score (nSPS) is 12.6. The SMILES string of the molecule is C[C@H](NC(=O)CS(=O)(=O)CCCc1ccccc1)c1ccc(F)c(F)c1. The molecule has 4 nitrogen and oxygen atoms in total. The van der Waals surface area contributed by atoms with Crippen LogP contribution in [0.1, 0.15) is 30.5 Å². The second-order valence-electron chi connectivity index (χ2n) is 6.14. The number of carbonyl (C=O) groups excluding carboxylic acids is 1. The number of amides is 1. The molecule has 1 N–H and O–H groups in total. The second kappa shape index (κ2) is 8.89. The van der Waals surface area contributed by atoms with Gasteiger partial charge in [0.25, 0.3) is 0 Å². The molecular formula is C19H21F2NO3S. The van der Waals surface area contributed by atoms with E-state index >= 15 is 0 Å². The summed E-state index contributed by atoms with van der Waals surface area (Å²) in [6.45, 7) is 1.58. The monoisotopic (exact) mass is 381 g/mol. The van der Waals surface area contributed by atoms with Crippen LogP contribution in [0.4, 0.5) is 8.78 Å². The molecule has 0 unspecified atom stereocenters. The van der Waals surface area contributed by atoms with Gasteiger partial charge in [0.1, 0.15) is 5.75 Å². The van der Waals surface area contributed by atoms with E-state index in [1.165, 1.54) is 6.07 Å². The number of aryl methyl sites for hydroxylation is 1. The van der Waals surface area contributed by atoms with E-state index in [9.17, 15) is 22.0 Å². The number of hydrogen-bond donors (Lipinski definition) is 1. The van der Waals surface area contributed by atoms with E-state index in [4.69, 9.17) is 0 Å². The molecule has 0 aliphatic heterocycles. The first kappa shape index (κ1) is 20.0. The molecule has 0 aromatic heterocycles. The summed E-state index contributed by atoms with van der Waals surface area (Å²) in [6.07, 6.45) is 1.05. The highest BCUT2D eigenvalue weighted by molar-refractivity contribution is 7.92. The van der Waals surface area contributed by atoms with Gasteiger partial charge in [0.2, 0.25) is 5.91 Å². The van der Waals surface area contributed by atoms with E-state index in [1.54, 1.807) is 6.92 Å². The minimum Gasteiger partial charge on any atom is -0.349 e. The summed E-state index contributed by atoms with van der Waals surface area (Å²) in [6, 6.07) is 12.2. The summed E-state index contributed by atoms with van der Waals surface area (Å²) < 4.78 is 50.3. The number of hydrogen-bond acceptors (Lipinski definition) is 3. The molecular weight excluding hydrogens is 360 g/mol. The van der Waals surface area contributed by atoms with Crippen molar-refractivity contribution in [1.29, 1.82) is 0 Å². The van der Waals surface area contributed by atoms with Gasteiger partial charge in [-0.1, -0.05) is 36.4 Å². The lowest BCUT2D eigenvalue weighted by molar-refractivity contribution is -0.119. The van der Waals surface area contributed by atoms with Crippen molar-refractivity contribution in [3.63, 3.8) is 0 Å². The van der Waals surface area contributed by atoms with Crippen molar-refractivity contribution >= 4 is 15.7 Å². The van der Waals surface area contributed by atoms with Gasteiger partial charge in [-0.15, -0.1) is 0 Å². The molecule has 0 radical (unpaired) electrons. The summed E-state index contributed by atoms with van der Waals surface area (Å²) in [5, 5.41) is 2.50.